The number of amides is 1. The van der Waals surface area contributed by atoms with Gasteiger partial charge in [-0.25, -0.2) is 0 Å². The van der Waals surface area contributed by atoms with Crippen LogP contribution in [0.2, 0.25) is 0 Å². The summed E-state index contributed by atoms with van der Waals surface area (Å²) in [6.07, 6.45) is 2.10. The average Bonchev–Trinajstić information content (AvgIpc) is 2.17. The Kier molecular flexibility index (Phi) is 4.39. The first-order valence-electron chi connectivity index (χ1n) is 5.67. The molecule has 0 saturated carbocycles. The Labute approximate surface area is 86.9 Å². The predicted octanol–water partition coefficient (Wildman–Crippen LogP) is 1.24. The van der Waals surface area contributed by atoms with Crippen molar-refractivity contribution in [3.63, 3.8) is 0 Å². The van der Waals surface area contributed by atoms with Gasteiger partial charge in [-0.15, -0.1) is 0 Å². The fraction of sp³-hybridized carbons (Fsp3) is 0.909. The topological polar surface area (TPSA) is 32.3 Å². The molecule has 0 radical (unpaired) electrons. The number of piperazine rings is 1. The number of hydrogen-bond donors (Lipinski definition) is 1. The average molecular weight is 198 g/mol. The van der Waals surface area contributed by atoms with Crippen molar-refractivity contribution in [3.05, 3.63) is 0 Å². The largest absolute Gasteiger partial charge is 0.340 e. The third-order valence-electron chi connectivity index (χ3n) is 2.82. The van der Waals surface area contributed by atoms with Crippen molar-refractivity contribution in [2.24, 2.45) is 5.92 Å². The molecule has 3 heteroatoms. The van der Waals surface area contributed by atoms with Gasteiger partial charge in [-0.2, -0.15) is 0 Å². The second-order valence-electron chi connectivity index (χ2n) is 4.33. The molecule has 3 nitrogen and oxygen atoms in total. The second-order valence-corrected chi connectivity index (χ2v) is 4.33. The lowest BCUT2D eigenvalue weighted by atomic mass is 10.0. The minimum atomic E-state index is 0.199. The summed E-state index contributed by atoms with van der Waals surface area (Å²) in [4.78, 5) is 13.9. The monoisotopic (exact) mass is 198 g/mol. The van der Waals surface area contributed by atoms with E-state index in [4.69, 9.17) is 0 Å². The fourth-order valence-electron chi connectivity index (χ4n) is 2.00. The van der Waals surface area contributed by atoms with E-state index >= 15 is 0 Å². The van der Waals surface area contributed by atoms with Gasteiger partial charge in [0.2, 0.25) is 5.91 Å². The molecule has 0 aliphatic carbocycles. The number of carbonyl (C=O) groups is 1. The minimum Gasteiger partial charge on any atom is -0.340 e. The summed E-state index contributed by atoms with van der Waals surface area (Å²) in [5.41, 5.74) is 0. The molecule has 2 unspecified atom stereocenters. The molecule has 1 fully saturated rings. The van der Waals surface area contributed by atoms with Crippen molar-refractivity contribution in [3.8, 4) is 0 Å². The van der Waals surface area contributed by atoms with Crippen LogP contribution in [0, 0.1) is 5.92 Å². The molecule has 82 valence electrons. The zero-order valence-electron chi connectivity index (χ0n) is 9.55. The maximum atomic E-state index is 11.9. The normalized spacial score (nSPS) is 24.8. The molecule has 1 aliphatic heterocycles. The zero-order chi connectivity index (χ0) is 10.6. The molecule has 1 saturated heterocycles. The Balaban J connectivity index is 2.42. The summed E-state index contributed by atoms with van der Waals surface area (Å²) in [7, 11) is 0. The van der Waals surface area contributed by atoms with Crippen LogP contribution < -0.4 is 5.32 Å². The molecular weight excluding hydrogens is 176 g/mol. The van der Waals surface area contributed by atoms with E-state index in [2.05, 4.69) is 19.2 Å². The number of hydrogen-bond acceptors (Lipinski definition) is 2. The molecule has 14 heavy (non-hydrogen) atoms. The molecule has 0 aromatic heterocycles. The molecule has 1 aliphatic rings. The maximum absolute atomic E-state index is 11.9. The third kappa shape index (κ3) is 2.98. The minimum absolute atomic E-state index is 0.199. The van der Waals surface area contributed by atoms with Gasteiger partial charge in [-0.3, -0.25) is 4.79 Å². The van der Waals surface area contributed by atoms with Crippen molar-refractivity contribution in [2.75, 3.05) is 19.6 Å². The summed E-state index contributed by atoms with van der Waals surface area (Å²) < 4.78 is 0. The van der Waals surface area contributed by atoms with Crippen LogP contribution in [0.5, 0.6) is 0 Å². The van der Waals surface area contributed by atoms with Crippen molar-refractivity contribution >= 4 is 5.91 Å². The maximum Gasteiger partial charge on any atom is 0.225 e. The van der Waals surface area contributed by atoms with E-state index in [1.807, 2.05) is 11.8 Å². The standard InChI is InChI=1S/C11H22N2O/c1-4-5-9(2)11(14)13-7-6-12-10(3)8-13/h9-10,12H,4-8H2,1-3H3. The first kappa shape index (κ1) is 11.5. The van der Waals surface area contributed by atoms with Crippen molar-refractivity contribution in [2.45, 2.75) is 39.7 Å². The van der Waals surface area contributed by atoms with Gasteiger partial charge in [-0.1, -0.05) is 20.3 Å². The molecule has 0 spiro atoms. The van der Waals surface area contributed by atoms with Crippen LogP contribution in [0.1, 0.15) is 33.6 Å². The van der Waals surface area contributed by atoms with Gasteiger partial charge in [0.05, 0.1) is 0 Å². The molecule has 0 aromatic rings. The van der Waals surface area contributed by atoms with Crippen LogP contribution in [0.15, 0.2) is 0 Å². The van der Waals surface area contributed by atoms with Crippen LogP contribution in [-0.4, -0.2) is 36.5 Å². The summed E-state index contributed by atoms with van der Waals surface area (Å²) in [5, 5.41) is 3.34. The molecule has 0 bridgehead atoms. The predicted molar refractivity (Wildman–Crippen MR) is 58.1 cm³/mol. The highest BCUT2D eigenvalue weighted by Gasteiger charge is 2.23. The van der Waals surface area contributed by atoms with E-state index in [9.17, 15) is 4.79 Å². The number of nitrogens with one attached hydrogen (secondary N) is 1. The Morgan fingerprint density at radius 2 is 2.36 bits per heavy atom. The SMILES string of the molecule is CCCC(C)C(=O)N1CCNC(C)C1. The first-order chi connectivity index (χ1) is 6.65. The summed E-state index contributed by atoms with van der Waals surface area (Å²) >= 11 is 0. The fourth-order valence-corrected chi connectivity index (χ4v) is 2.00. The molecule has 2 atom stereocenters. The van der Waals surface area contributed by atoms with Gasteiger partial charge in [0.1, 0.15) is 0 Å². The Morgan fingerprint density at radius 3 is 2.93 bits per heavy atom. The van der Waals surface area contributed by atoms with Crippen LogP contribution in [0.25, 0.3) is 0 Å². The van der Waals surface area contributed by atoms with E-state index in [0.29, 0.717) is 11.9 Å². The van der Waals surface area contributed by atoms with Gasteiger partial charge < -0.3 is 10.2 Å². The van der Waals surface area contributed by atoms with E-state index in [1.54, 1.807) is 0 Å². The highest BCUT2D eigenvalue weighted by atomic mass is 16.2. The van der Waals surface area contributed by atoms with E-state index in [1.165, 1.54) is 0 Å². The van der Waals surface area contributed by atoms with Gasteiger partial charge in [-0.05, 0) is 13.3 Å². The molecule has 1 amide bonds. The van der Waals surface area contributed by atoms with Crippen molar-refractivity contribution in [1.82, 2.24) is 10.2 Å². The lowest BCUT2D eigenvalue weighted by Crippen LogP contribution is -2.52. The summed E-state index contributed by atoms with van der Waals surface area (Å²) in [6, 6.07) is 0.446. The molecule has 1 heterocycles. The van der Waals surface area contributed by atoms with Gasteiger partial charge in [0, 0.05) is 31.6 Å². The number of carbonyl (C=O) groups excluding carboxylic acids is 1. The third-order valence-corrected chi connectivity index (χ3v) is 2.82. The van der Waals surface area contributed by atoms with E-state index in [-0.39, 0.29) is 5.92 Å². The zero-order valence-corrected chi connectivity index (χ0v) is 9.55. The Hall–Kier alpha value is -0.570. The van der Waals surface area contributed by atoms with Crippen molar-refractivity contribution < 1.29 is 4.79 Å². The molecule has 0 aromatic carbocycles. The quantitative estimate of drug-likeness (QED) is 0.740. The van der Waals surface area contributed by atoms with Crippen LogP contribution in [0.4, 0.5) is 0 Å². The highest BCUT2D eigenvalue weighted by Crippen LogP contribution is 2.11. The number of rotatable bonds is 3. The summed E-state index contributed by atoms with van der Waals surface area (Å²) in [6.45, 7) is 8.97. The number of nitrogens with zero attached hydrogens (tertiary/aromatic N) is 1. The van der Waals surface area contributed by atoms with Crippen LogP contribution in [0.3, 0.4) is 0 Å². The second kappa shape index (κ2) is 5.35. The summed E-state index contributed by atoms with van der Waals surface area (Å²) in [5.74, 6) is 0.533. The lowest BCUT2D eigenvalue weighted by Gasteiger charge is -2.33. The van der Waals surface area contributed by atoms with Gasteiger partial charge >= 0.3 is 0 Å². The van der Waals surface area contributed by atoms with Crippen LogP contribution >= 0.6 is 0 Å². The van der Waals surface area contributed by atoms with Gasteiger partial charge in [0.15, 0.2) is 0 Å². The Bertz CT molecular complexity index is 194. The van der Waals surface area contributed by atoms with E-state index in [0.717, 1.165) is 32.5 Å². The van der Waals surface area contributed by atoms with Crippen LogP contribution in [-0.2, 0) is 4.79 Å². The molecule has 1 rings (SSSR count). The van der Waals surface area contributed by atoms with Gasteiger partial charge in [0.25, 0.3) is 0 Å². The lowest BCUT2D eigenvalue weighted by molar-refractivity contribution is -0.136. The Morgan fingerprint density at radius 1 is 1.64 bits per heavy atom. The van der Waals surface area contributed by atoms with Crippen molar-refractivity contribution in [1.29, 1.82) is 0 Å². The molecule has 1 N–H and O–H groups in total. The molecular formula is C11H22N2O. The van der Waals surface area contributed by atoms with E-state index < -0.39 is 0 Å². The first-order valence-corrected chi connectivity index (χ1v) is 5.67. The highest BCUT2D eigenvalue weighted by molar-refractivity contribution is 5.78. The smallest absolute Gasteiger partial charge is 0.225 e.